The van der Waals surface area contributed by atoms with Crippen molar-refractivity contribution in [3.63, 3.8) is 0 Å². The highest BCUT2D eigenvalue weighted by atomic mass is 16.5. The molecule has 1 aliphatic rings. The minimum atomic E-state index is -0.443. The van der Waals surface area contributed by atoms with E-state index in [0.717, 1.165) is 0 Å². The Morgan fingerprint density at radius 2 is 2.11 bits per heavy atom. The highest BCUT2D eigenvalue weighted by molar-refractivity contribution is 5.95. The molecule has 2 rings (SSSR count). The van der Waals surface area contributed by atoms with Crippen molar-refractivity contribution in [2.24, 2.45) is 0 Å². The fourth-order valence-electron chi connectivity index (χ4n) is 2.43. The van der Waals surface area contributed by atoms with Crippen LogP contribution < -0.4 is 9.63 Å². The first-order valence-electron chi connectivity index (χ1n) is 6.21. The minimum Gasteiger partial charge on any atom is -0.619 e. The molecular formula is C13H18N2O4. The Kier molecular flexibility index (Phi) is 3.90. The molecule has 0 N–H and O–H groups in total. The number of anilines is 1. The summed E-state index contributed by atoms with van der Waals surface area (Å²) in [7, 11) is 1.33. The number of methoxy groups -OCH3 is 1. The number of hydrogen-bond donors (Lipinski definition) is 0. The van der Waals surface area contributed by atoms with E-state index in [0.29, 0.717) is 29.2 Å². The Morgan fingerprint density at radius 3 is 2.68 bits per heavy atom. The number of carbonyl (C=O) groups is 1. The van der Waals surface area contributed by atoms with Crippen molar-refractivity contribution in [2.75, 3.05) is 25.2 Å². The first kappa shape index (κ1) is 13.6. The molecule has 0 spiro atoms. The Labute approximate surface area is 112 Å². The fourth-order valence-corrected chi connectivity index (χ4v) is 2.43. The summed E-state index contributed by atoms with van der Waals surface area (Å²) in [5.41, 5.74) is 0.989. The van der Waals surface area contributed by atoms with Gasteiger partial charge in [0.1, 0.15) is 5.69 Å². The molecule has 1 saturated heterocycles. The molecule has 1 aliphatic heterocycles. The van der Waals surface area contributed by atoms with Crippen LogP contribution in [-0.4, -0.2) is 38.4 Å². The van der Waals surface area contributed by atoms with Gasteiger partial charge in [0.25, 0.3) is 0 Å². The summed E-state index contributed by atoms with van der Waals surface area (Å²) in [6.07, 6.45) is 2.70. The maximum atomic E-state index is 11.8. The zero-order chi connectivity index (χ0) is 14.0. The zero-order valence-electron chi connectivity index (χ0n) is 11.3. The third-order valence-electron chi connectivity index (χ3n) is 3.26. The van der Waals surface area contributed by atoms with Crippen LogP contribution >= 0.6 is 0 Å². The van der Waals surface area contributed by atoms with Gasteiger partial charge < -0.3 is 19.6 Å². The van der Waals surface area contributed by atoms with Crippen molar-refractivity contribution in [3.05, 3.63) is 29.2 Å². The largest absolute Gasteiger partial charge is 0.619 e. The van der Waals surface area contributed by atoms with Gasteiger partial charge in [-0.15, -0.1) is 0 Å². The number of esters is 1. The lowest BCUT2D eigenvalue weighted by atomic mass is 10.1. The van der Waals surface area contributed by atoms with Crippen molar-refractivity contribution < 1.29 is 19.0 Å². The van der Waals surface area contributed by atoms with Crippen molar-refractivity contribution in [3.8, 4) is 0 Å². The minimum absolute atomic E-state index is 0.0922. The molecule has 0 saturated carbocycles. The lowest BCUT2D eigenvalue weighted by molar-refractivity contribution is -0.604. The first-order chi connectivity index (χ1) is 9.04. The second-order valence-electron chi connectivity index (χ2n) is 4.74. The molecule has 104 valence electrons. The maximum Gasteiger partial charge on any atom is 0.340 e. The van der Waals surface area contributed by atoms with E-state index < -0.39 is 5.97 Å². The summed E-state index contributed by atoms with van der Waals surface area (Å²) >= 11 is 0. The van der Waals surface area contributed by atoms with Crippen LogP contribution in [0.5, 0.6) is 0 Å². The van der Waals surface area contributed by atoms with E-state index in [1.807, 2.05) is 18.7 Å². The SMILES string of the molecule is COC(=O)c1cc[n+]([O-])cc1N1[C@H](C)COC[C@H]1C. The van der Waals surface area contributed by atoms with Crippen LogP contribution in [0.25, 0.3) is 0 Å². The summed E-state index contributed by atoms with van der Waals surface area (Å²) in [6.45, 7) is 5.13. The number of ether oxygens (including phenoxy) is 2. The average molecular weight is 266 g/mol. The van der Waals surface area contributed by atoms with Crippen molar-refractivity contribution in [1.82, 2.24) is 0 Å². The van der Waals surface area contributed by atoms with Crippen molar-refractivity contribution >= 4 is 11.7 Å². The summed E-state index contributed by atoms with van der Waals surface area (Å²) in [5, 5.41) is 11.5. The van der Waals surface area contributed by atoms with Crippen LogP contribution in [0.15, 0.2) is 18.5 Å². The summed E-state index contributed by atoms with van der Waals surface area (Å²) in [5.74, 6) is -0.443. The topological polar surface area (TPSA) is 65.7 Å². The molecular weight excluding hydrogens is 248 g/mol. The van der Waals surface area contributed by atoms with Gasteiger partial charge >= 0.3 is 5.97 Å². The van der Waals surface area contributed by atoms with E-state index in [1.54, 1.807) is 0 Å². The molecule has 1 aromatic rings. The van der Waals surface area contributed by atoms with E-state index >= 15 is 0 Å². The zero-order valence-corrected chi connectivity index (χ0v) is 11.3. The molecule has 2 atom stereocenters. The van der Waals surface area contributed by atoms with Crippen LogP contribution in [0, 0.1) is 5.21 Å². The molecule has 0 amide bonds. The number of hydrogen-bond acceptors (Lipinski definition) is 5. The van der Waals surface area contributed by atoms with Crippen LogP contribution in [-0.2, 0) is 9.47 Å². The second-order valence-corrected chi connectivity index (χ2v) is 4.74. The average Bonchev–Trinajstić information content (AvgIpc) is 2.38. The molecule has 0 aliphatic carbocycles. The van der Waals surface area contributed by atoms with Gasteiger partial charge in [0.2, 0.25) is 6.20 Å². The number of morpholine rings is 1. The predicted octanol–water partition coefficient (Wildman–Crippen LogP) is 0.720. The van der Waals surface area contributed by atoms with Crippen LogP contribution in [0.2, 0.25) is 0 Å². The quantitative estimate of drug-likeness (QED) is 0.448. The first-order valence-corrected chi connectivity index (χ1v) is 6.21. The Morgan fingerprint density at radius 1 is 1.47 bits per heavy atom. The van der Waals surface area contributed by atoms with Gasteiger partial charge in [0.15, 0.2) is 6.20 Å². The molecule has 0 unspecified atom stereocenters. The fraction of sp³-hybridized carbons (Fsp3) is 0.538. The number of rotatable bonds is 2. The van der Waals surface area contributed by atoms with Gasteiger partial charge in [-0.05, 0) is 13.8 Å². The molecule has 0 aromatic carbocycles. The number of aromatic nitrogens is 1. The van der Waals surface area contributed by atoms with Gasteiger partial charge in [0.05, 0.1) is 38.0 Å². The molecule has 19 heavy (non-hydrogen) atoms. The van der Waals surface area contributed by atoms with E-state index in [9.17, 15) is 10.0 Å². The number of pyridine rings is 1. The molecule has 6 nitrogen and oxygen atoms in total. The Hall–Kier alpha value is -1.82. The van der Waals surface area contributed by atoms with E-state index in [4.69, 9.17) is 9.47 Å². The van der Waals surface area contributed by atoms with E-state index in [2.05, 4.69) is 0 Å². The highest BCUT2D eigenvalue weighted by Gasteiger charge is 2.30. The molecule has 2 heterocycles. The number of nitrogens with zero attached hydrogens (tertiary/aromatic N) is 2. The highest BCUT2D eigenvalue weighted by Crippen LogP contribution is 2.26. The molecule has 0 radical (unpaired) electrons. The van der Waals surface area contributed by atoms with Crippen molar-refractivity contribution in [1.29, 1.82) is 0 Å². The third kappa shape index (κ3) is 2.63. The van der Waals surface area contributed by atoms with Gasteiger partial charge in [-0.1, -0.05) is 0 Å². The van der Waals surface area contributed by atoms with Gasteiger partial charge in [-0.25, -0.2) is 4.79 Å². The summed E-state index contributed by atoms with van der Waals surface area (Å²) in [4.78, 5) is 13.8. The second kappa shape index (κ2) is 5.44. The third-order valence-corrected chi connectivity index (χ3v) is 3.26. The van der Waals surface area contributed by atoms with E-state index in [-0.39, 0.29) is 12.1 Å². The van der Waals surface area contributed by atoms with Crippen LogP contribution in [0.1, 0.15) is 24.2 Å². The maximum absolute atomic E-state index is 11.8. The predicted molar refractivity (Wildman–Crippen MR) is 69.0 cm³/mol. The van der Waals surface area contributed by atoms with Crippen LogP contribution in [0.4, 0.5) is 5.69 Å². The normalized spacial score (nSPS) is 23.2. The lowest BCUT2D eigenvalue weighted by Crippen LogP contribution is -2.51. The van der Waals surface area contributed by atoms with Gasteiger partial charge in [-0.3, -0.25) is 0 Å². The Balaban J connectivity index is 2.46. The smallest absolute Gasteiger partial charge is 0.340 e. The molecule has 6 heteroatoms. The van der Waals surface area contributed by atoms with E-state index in [1.165, 1.54) is 25.6 Å². The number of carbonyl (C=O) groups excluding carboxylic acids is 1. The van der Waals surface area contributed by atoms with Crippen LogP contribution in [0.3, 0.4) is 0 Å². The standard InChI is InChI=1S/C13H18N2O4/c1-9-7-19-8-10(2)15(9)12-6-14(17)5-4-11(12)13(16)18-3/h4-6,9-10H,7-8H2,1-3H3/t9-,10-/m1/s1. The summed E-state index contributed by atoms with van der Waals surface area (Å²) < 4.78 is 10.9. The molecule has 1 aromatic heterocycles. The lowest BCUT2D eigenvalue weighted by Gasteiger charge is -2.40. The molecule has 0 bridgehead atoms. The summed E-state index contributed by atoms with van der Waals surface area (Å²) in [6, 6.07) is 1.67. The Bertz CT molecular complexity index is 468. The van der Waals surface area contributed by atoms with Crippen molar-refractivity contribution in [2.45, 2.75) is 25.9 Å². The van der Waals surface area contributed by atoms with Gasteiger partial charge in [-0.2, -0.15) is 4.73 Å². The monoisotopic (exact) mass is 266 g/mol. The molecule has 1 fully saturated rings. The van der Waals surface area contributed by atoms with Gasteiger partial charge in [0, 0.05) is 6.07 Å².